The summed E-state index contributed by atoms with van der Waals surface area (Å²) < 4.78 is 25.1. The van der Waals surface area contributed by atoms with E-state index in [2.05, 4.69) is 0 Å². The normalized spacial score (nSPS) is 11.0. The zero-order valence-corrected chi connectivity index (χ0v) is 11.2. The lowest BCUT2D eigenvalue weighted by Gasteiger charge is -2.07. The predicted molar refractivity (Wildman–Crippen MR) is 71.9 cm³/mol. The van der Waals surface area contributed by atoms with Crippen LogP contribution in [-0.4, -0.2) is 0 Å². The average molecular weight is 308 g/mol. The van der Waals surface area contributed by atoms with Gasteiger partial charge in [-0.3, -0.25) is 0 Å². The van der Waals surface area contributed by atoms with E-state index in [-0.39, 0.29) is 10.6 Å². The van der Waals surface area contributed by atoms with Gasteiger partial charge in [-0.05, 0) is 29.3 Å². The lowest BCUT2D eigenvalue weighted by molar-refractivity contribution is 0.151. The lowest BCUT2D eigenvalue weighted by atomic mass is 10.0. The van der Waals surface area contributed by atoms with Crippen molar-refractivity contribution in [1.82, 2.24) is 0 Å². The van der Waals surface area contributed by atoms with Crippen LogP contribution in [0.15, 0.2) is 36.4 Å². The topological polar surface area (TPSA) is 0 Å². The van der Waals surface area contributed by atoms with Gasteiger partial charge in [0, 0.05) is 5.56 Å². The van der Waals surface area contributed by atoms with Crippen molar-refractivity contribution in [2.45, 2.75) is 6.43 Å². The summed E-state index contributed by atoms with van der Waals surface area (Å²) in [7, 11) is 0. The van der Waals surface area contributed by atoms with E-state index in [4.69, 9.17) is 34.8 Å². The van der Waals surface area contributed by atoms with E-state index in [9.17, 15) is 8.78 Å². The Hall–Kier alpha value is -0.830. The Morgan fingerprint density at radius 2 is 1.28 bits per heavy atom. The smallest absolute Gasteiger partial charge is 0.205 e. The van der Waals surface area contributed by atoms with Crippen molar-refractivity contribution in [1.29, 1.82) is 0 Å². The summed E-state index contributed by atoms with van der Waals surface area (Å²) in [5, 5.41) is 0.882. The summed E-state index contributed by atoms with van der Waals surface area (Å²) in [5.74, 6) is 0. The maximum atomic E-state index is 12.6. The van der Waals surface area contributed by atoms with Gasteiger partial charge in [0.05, 0.1) is 15.1 Å². The van der Waals surface area contributed by atoms with E-state index in [1.807, 2.05) is 0 Å². The second-order valence-corrected chi connectivity index (χ2v) is 4.89. The van der Waals surface area contributed by atoms with Crippen LogP contribution in [0.25, 0.3) is 11.1 Å². The standard InChI is InChI=1S/C13H7Cl3F2/c14-10-4-2-8(6-12(10)16)7-1-3-9(13(17)18)11(15)5-7/h1-6,13H. The largest absolute Gasteiger partial charge is 0.265 e. The van der Waals surface area contributed by atoms with Crippen LogP contribution in [0, 0.1) is 0 Å². The molecule has 0 fully saturated rings. The van der Waals surface area contributed by atoms with Crippen molar-refractivity contribution in [3.8, 4) is 11.1 Å². The molecule has 0 amide bonds. The zero-order valence-electron chi connectivity index (χ0n) is 8.93. The molecule has 0 radical (unpaired) electrons. The molecule has 0 unspecified atom stereocenters. The third-order valence-corrected chi connectivity index (χ3v) is 3.55. The molecule has 0 aliphatic rings. The molecule has 0 saturated heterocycles. The fourth-order valence-electron chi connectivity index (χ4n) is 1.56. The van der Waals surface area contributed by atoms with E-state index in [0.29, 0.717) is 15.6 Å². The van der Waals surface area contributed by atoms with Crippen molar-refractivity contribution in [3.05, 3.63) is 57.0 Å². The minimum Gasteiger partial charge on any atom is -0.205 e. The van der Waals surface area contributed by atoms with Gasteiger partial charge >= 0.3 is 0 Å². The van der Waals surface area contributed by atoms with Crippen LogP contribution in [0.2, 0.25) is 15.1 Å². The quantitative estimate of drug-likeness (QED) is 0.615. The molecule has 0 aliphatic carbocycles. The van der Waals surface area contributed by atoms with Gasteiger partial charge in [0.2, 0.25) is 0 Å². The first kappa shape index (κ1) is 13.6. The van der Waals surface area contributed by atoms with Crippen LogP contribution >= 0.6 is 34.8 Å². The zero-order chi connectivity index (χ0) is 13.3. The van der Waals surface area contributed by atoms with Crippen molar-refractivity contribution >= 4 is 34.8 Å². The maximum Gasteiger partial charge on any atom is 0.265 e. The van der Waals surface area contributed by atoms with Crippen molar-refractivity contribution in [3.63, 3.8) is 0 Å². The highest BCUT2D eigenvalue weighted by Gasteiger charge is 2.12. The van der Waals surface area contributed by atoms with Crippen LogP contribution in [0.3, 0.4) is 0 Å². The Balaban J connectivity index is 2.45. The van der Waals surface area contributed by atoms with Gasteiger partial charge < -0.3 is 0 Å². The van der Waals surface area contributed by atoms with Gasteiger partial charge in [0.25, 0.3) is 6.43 Å². The van der Waals surface area contributed by atoms with Crippen molar-refractivity contribution in [2.75, 3.05) is 0 Å². The Morgan fingerprint density at radius 3 is 1.78 bits per heavy atom. The number of alkyl halides is 2. The second-order valence-electron chi connectivity index (χ2n) is 3.67. The molecule has 0 N–H and O–H groups in total. The Labute approximate surface area is 118 Å². The van der Waals surface area contributed by atoms with E-state index >= 15 is 0 Å². The molecule has 94 valence electrons. The highest BCUT2D eigenvalue weighted by molar-refractivity contribution is 6.42. The summed E-state index contributed by atoms with van der Waals surface area (Å²) in [6.45, 7) is 0. The predicted octanol–water partition coefficient (Wildman–Crippen LogP) is 6.25. The van der Waals surface area contributed by atoms with Crippen LogP contribution in [0.1, 0.15) is 12.0 Å². The molecule has 0 aromatic heterocycles. The molecule has 2 rings (SSSR count). The molecule has 0 atom stereocenters. The molecule has 5 heteroatoms. The molecule has 2 aromatic rings. The fraction of sp³-hybridized carbons (Fsp3) is 0.0769. The first-order valence-electron chi connectivity index (χ1n) is 5.02. The highest BCUT2D eigenvalue weighted by Crippen LogP contribution is 2.33. The number of hydrogen-bond donors (Lipinski definition) is 0. The summed E-state index contributed by atoms with van der Waals surface area (Å²) in [6.07, 6.45) is -2.58. The molecule has 0 spiro atoms. The minimum atomic E-state index is -2.58. The number of halogens is 5. The van der Waals surface area contributed by atoms with Crippen LogP contribution < -0.4 is 0 Å². The number of rotatable bonds is 2. The average Bonchev–Trinajstić information content (AvgIpc) is 2.32. The molecule has 0 aliphatic heterocycles. The molecule has 0 heterocycles. The van der Waals surface area contributed by atoms with Gasteiger partial charge in [-0.25, -0.2) is 8.78 Å². The molecule has 0 saturated carbocycles. The van der Waals surface area contributed by atoms with E-state index < -0.39 is 6.43 Å². The Bertz CT molecular complexity index is 582. The third kappa shape index (κ3) is 2.77. The molecule has 2 aromatic carbocycles. The molecule has 0 bridgehead atoms. The SMILES string of the molecule is FC(F)c1ccc(-c2ccc(Cl)c(Cl)c2)cc1Cl. The van der Waals surface area contributed by atoms with Gasteiger partial charge in [0.1, 0.15) is 0 Å². The molecular formula is C13H7Cl3F2. The van der Waals surface area contributed by atoms with Crippen LogP contribution in [0.4, 0.5) is 8.78 Å². The van der Waals surface area contributed by atoms with Crippen LogP contribution in [0.5, 0.6) is 0 Å². The lowest BCUT2D eigenvalue weighted by Crippen LogP contribution is -1.87. The molecular weight excluding hydrogens is 300 g/mol. The van der Waals surface area contributed by atoms with Gasteiger partial charge in [-0.1, -0.05) is 53.0 Å². The molecule has 18 heavy (non-hydrogen) atoms. The van der Waals surface area contributed by atoms with Gasteiger partial charge in [-0.15, -0.1) is 0 Å². The number of benzene rings is 2. The maximum absolute atomic E-state index is 12.6. The molecule has 0 nitrogen and oxygen atoms in total. The van der Waals surface area contributed by atoms with E-state index in [0.717, 1.165) is 5.56 Å². The van der Waals surface area contributed by atoms with Gasteiger partial charge in [0.15, 0.2) is 0 Å². The summed E-state index contributed by atoms with van der Waals surface area (Å²) in [4.78, 5) is 0. The Morgan fingerprint density at radius 1 is 0.722 bits per heavy atom. The Kier molecular flexibility index (Phi) is 4.10. The summed E-state index contributed by atoms with van der Waals surface area (Å²) in [6, 6.07) is 9.44. The van der Waals surface area contributed by atoms with Crippen LogP contribution in [-0.2, 0) is 0 Å². The fourth-order valence-corrected chi connectivity index (χ4v) is 2.12. The summed E-state index contributed by atoms with van der Waals surface area (Å²) in [5.41, 5.74) is 1.30. The number of hydrogen-bond acceptors (Lipinski definition) is 0. The van der Waals surface area contributed by atoms with Crippen molar-refractivity contribution in [2.24, 2.45) is 0 Å². The summed E-state index contributed by atoms with van der Waals surface area (Å²) >= 11 is 17.5. The minimum absolute atomic E-state index is 0.0357. The van der Waals surface area contributed by atoms with Crippen molar-refractivity contribution < 1.29 is 8.78 Å². The van der Waals surface area contributed by atoms with E-state index in [1.165, 1.54) is 12.1 Å². The first-order valence-corrected chi connectivity index (χ1v) is 6.15. The first-order chi connectivity index (χ1) is 8.49. The third-order valence-electron chi connectivity index (χ3n) is 2.49. The highest BCUT2D eigenvalue weighted by atomic mass is 35.5. The van der Waals surface area contributed by atoms with Gasteiger partial charge in [-0.2, -0.15) is 0 Å². The second kappa shape index (κ2) is 5.43. The monoisotopic (exact) mass is 306 g/mol. The van der Waals surface area contributed by atoms with E-state index in [1.54, 1.807) is 24.3 Å².